The number of halogens is 2. The number of rotatable bonds is 7. The molecule has 0 amide bonds. The van der Waals surface area contributed by atoms with E-state index in [1.54, 1.807) is 0 Å². The summed E-state index contributed by atoms with van der Waals surface area (Å²) in [7, 11) is 1.12. The Balaban J connectivity index is 2.34. The van der Waals surface area contributed by atoms with Gasteiger partial charge in [0, 0.05) is 5.02 Å². The van der Waals surface area contributed by atoms with E-state index in [0.717, 1.165) is 12.7 Å². The minimum absolute atomic E-state index is 0.189. The molecule has 2 rings (SSSR count). The average Bonchev–Trinajstić information content (AvgIpc) is 2.60. The number of aliphatic carboxylic acids is 1. The van der Waals surface area contributed by atoms with Crippen LogP contribution in [0.15, 0.2) is 54.2 Å². The molecule has 0 atom stereocenters. The molecule has 1 N–H and O–H groups in total. The van der Waals surface area contributed by atoms with Crippen LogP contribution in [0.1, 0.15) is 5.56 Å². The predicted molar refractivity (Wildman–Crippen MR) is 96.0 cm³/mol. The predicted octanol–water partition coefficient (Wildman–Crippen LogP) is 2.79. The van der Waals surface area contributed by atoms with Crippen molar-refractivity contribution >= 4 is 40.8 Å². The Morgan fingerprint density at radius 2 is 1.88 bits per heavy atom. The highest BCUT2D eigenvalue weighted by atomic mass is 35.5. The van der Waals surface area contributed by atoms with Gasteiger partial charge in [0.25, 0.3) is 0 Å². The monoisotopic (exact) mass is 394 g/mol. The highest BCUT2D eigenvalue weighted by Gasteiger charge is 2.16. The van der Waals surface area contributed by atoms with Gasteiger partial charge in [-0.25, -0.2) is 4.79 Å². The maximum atomic E-state index is 11.8. The van der Waals surface area contributed by atoms with E-state index < -0.39 is 11.9 Å². The number of nitrogens with one attached hydrogen (secondary N) is 1. The van der Waals surface area contributed by atoms with Gasteiger partial charge in [0.15, 0.2) is 5.75 Å². The third kappa shape index (κ3) is 5.40. The van der Waals surface area contributed by atoms with Crippen LogP contribution >= 0.6 is 23.2 Å². The molecule has 0 saturated carbocycles. The van der Waals surface area contributed by atoms with Crippen molar-refractivity contribution in [3.8, 4) is 5.75 Å². The van der Waals surface area contributed by atoms with Crippen LogP contribution in [0.25, 0.3) is 0 Å². The van der Waals surface area contributed by atoms with Crippen molar-refractivity contribution in [3.05, 3.63) is 69.8 Å². The number of methoxy groups -OCH3 is 1. The van der Waals surface area contributed by atoms with Crippen molar-refractivity contribution in [3.63, 3.8) is 0 Å². The number of benzene rings is 2. The van der Waals surface area contributed by atoms with Crippen LogP contribution in [0.3, 0.4) is 0 Å². The molecule has 6 nitrogen and oxygen atoms in total. The van der Waals surface area contributed by atoms with E-state index >= 15 is 0 Å². The van der Waals surface area contributed by atoms with E-state index in [0.29, 0.717) is 6.08 Å². The number of hydrogen-bond donors (Lipinski definition) is 1. The molecule has 0 aliphatic heterocycles. The summed E-state index contributed by atoms with van der Waals surface area (Å²) in [6.07, 6.45) is 0.571. The first-order valence-corrected chi connectivity index (χ1v) is 8.10. The van der Waals surface area contributed by atoms with Gasteiger partial charge >= 0.3 is 5.97 Å². The first-order valence-electron chi connectivity index (χ1n) is 7.34. The number of carbonyl (C=O) groups is 2. The van der Waals surface area contributed by atoms with Crippen LogP contribution in [0.5, 0.6) is 5.75 Å². The second kappa shape index (κ2) is 9.12. The third-order valence-electron chi connectivity index (χ3n) is 3.17. The lowest BCUT2D eigenvalue weighted by Gasteiger charge is -2.16. The van der Waals surface area contributed by atoms with Crippen LogP contribution in [-0.2, 0) is 20.9 Å². The number of anilines is 1. The number of carbonyl (C=O) groups excluding carboxylic acids is 2. The van der Waals surface area contributed by atoms with Gasteiger partial charge in [-0.3, -0.25) is 0 Å². The number of carboxylic acids is 1. The van der Waals surface area contributed by atoms with Gasteiger partial charge in [0.1, 0.15) is 12.3 Å². The Labute approximate surface area is 159 Å². The molecule has 2 aromatic rings. The van der Waals surface area contributed by atoms with Crippen LogP contribution in [0, 0.1) is 0 Å². The lowest BCUT2D eigenvalue weighted by molar-refractivity contribution is -0.297. The summed E-state index contributed by atoms with van der Waals surface area (Å²) in [5.41, 5.74) is 0.731. The van der Waals surface area contributed by atoms with Crippen LogP contribution in [-0.4, -0.2) is 19.0 Å². The van der Waals surface area contributed by atoms with Crippen molar-refractivity contribution < 1.29 is 24.2 Å². The number of esters is 1. The fraction of sp³-hybridized carbons (Fsp3) is 0.111. The maximum Gasteiger partial charge on any atom is 0.354 e. The van der Waals surface area contributed by atoms with Gasteiger partial charge in [-0.05, 0) is 23.8 Å². The molecule has 8 heteroatoms. The SMILES string of the molecule is COC(=O)C(=CC(=O)[O-])Nc1cc(Cl)cc(Cl)c1OCc1ccccc1. The minimum atomic E-state index is -1.57. The lowest BCUT2D eigenvalue weighted by Crippen LogP contribution is -2.23. The van der Waals surface area contributed by atoms with E-state index in [-0.39, 0.29) is 33.8 Å². The molecule has 26 heavy (non-hydrogen) atoms. The van der Waals surface area contributed by atoms with Gasteiger partial charge in [-0.15, -0.1) is 0 Å². The van der Waals surface area contributed by atoms with Crippen LogP contribution in [0.4, 0.5) is 5.69 Å². The van der Waals surface area contributed by atoms with E-state index in [9.17, 15) is 14.7 Å². The highest BCUT2D eigenvalue weighted by Crippen LogP contribution is 2.37. The van der Waals surface area contributed by atoms with E-state index in [4.69, 9.17) is 27.9 Å². The molecule has 136 valence electrons. The van der Waals surface area contributed by atoms with Gasteiger partial charge in [-0.1, -0.05) is 53.5 Å². The quantitative estimate of drug-likeness (QED) is 0.573. The van der Waals surface area contributed by atoms with Crippen molar-refractivity contribution in [1.82, 2.24) is 0 Å². The molecule has 0 radical (unpaired) electrons. The van der Waals surface area contributed by atoms with Gasteiger partial charge in [0.05, 0.1) is 23.8 Å². The fourth-order valence-corrected chi connectivity index (χ4v) is 2.60. The molecule has 0 spiro atoms. The van der Waals surface area contributed by atoms with Crippen molar-refractivity contribution in [2.45, 2.75) is 6.61 Å². The van der Waals surface area contributed by atoms with E-state index in [1.807, 2.05) is 30.3 Å². The van der Waals surface area contributed by atoms with Gasteiger partial charge in [-0.2, -0.15) is 0 Å². The molecule has 2 aromatic carbocycles. The summed E-state index contributed by atoms with van der Waals surface area (Å²) in [4.78, 5) is 22.6. The Morgan fingerprint density at radius 1 is 1.19 bits per heavy atom. The van der Waals surface area contributed by atoms with Crippen LogP contribution < -0.4 is 15.2 Å². The molecule has 0 heterocycles. The maximum absolute atomic E-state index is 11.8. The first-order chi connectivity index (χ1) is 12.4. The standard InChI is InChI=1S/C18H15Cl2NO5/c1-25-18(24)15(9-16(22)23)21-14-8-12(19)7-13(20)17(14)26-10-11-5-3-2-4-6-11/h2-9,21H,10H2,1H3,(H,22,23)/p-1. The molecule has 0 bridgehead atoms. The smallest absolute Gasteiger partial charge is 0.354 e. The summed E-state index contributed by atoms with van der Waals surface area (Å²) >= 11 is 12.2. The Kier molecular flexibility index (Phi) is 6.89. The van der Waals surface area contributed by atoms with E-state index in [1.165, 1.54) is 12.1 Å². The summed E-state index contributed by atoms with van der Waals surface area (Å²) in [6, 6.07) is 12.2. The average molecular weight is 395 g/mol. The summed E-state index contributed by atoms with van der Waals surface area (Å²) in [5, 5.41) is 13.9. The molecule has 0 aliphatic carbocycles. The van der Waals surface area contributed by atoms with Crippen molar-refractivity contribution in [2.75, 3.05) is 12.4 Å². The highest BCUT2D eigenvalue weighted by molar-refractivity contribution is 6.36. The zero-order valence-corrected chi connectivity index (χ0v) is 15.1. The Hall–Kier alpha value is -2.70. The minimum Gasteiger partial charge on any atom is -0.545 e. The zero-order chi connectivity index (χ0) is 19.1. The topological polar surface area (TPSA) is 87.7 Å². The van der Waals surface area contributed by atoms with Crippen molar-refractivity contribution in [1.29, 1.82) is 0 Å². The zero-order valence-electron chi connectivity index (χ0n) is 13.6. The number of ether oxygens (including phenoxy) is 2. The first kappa shape index (κ1) is 19.6. The van der Waals surface area contributed by atoms with Gasteiger partial charge in [0.2, 0.25) is 0 Å². The van der Waals surface area contributed by atoms with Gasteiger partial charge < -0.3 is 24.7 Å². The number of hydrogen-bond acceptors (Lipinski definition) is 6. The molecule has 0 aromatic heterocycles. The summed E-state index contributed by atoms with van der Waals surface area (Å²) < 4.78 is 10.3. The Bertz CT molecular complexity index is 837. The van der Waals surface area contributed by atoms with Crippen LogP contribution in [0.2, 0.25) is 10.0 Å². The molecule has 0 fully saturated rings. The second-order valence-electron chi connectivity index (χ2n) is 5.03. The van der Waals surface area contributed by atoms with Crippen molar-refractivity contribution in [2.24, 2.45) is 0 Å². The Morgan fingerprint density at radius 3 is 2.50 bits per heavy atom. The molecular formula is C18H14Cl2NO5-. The largest absolute Gasteiger partial charge is 0.545 e. The summed E-state index contributed by atoms with van der Waals surface area (Å²) in [6.45, 7) is 0.203. The summed E-state index contributed by atoms with van der Waals surface area (Å²) in [5.74, 6) is -2.27. The second-order valence-corrected chi connectivity index (χ2v) is 5.88. The normalized spacial score (nSPS) is 11.0. The molecular weight excluding hydrogens is 381 g/mol. The molecule has 0 aliphatic rings. The molecule has 0 saturated heterocycles. The lowest BCUT2D eigenvalue weighted by atomic mass is 10.2. The molecule has 0 unspecified atom stereocenters. The third-order valence-corrected chi connectivity index (χ3v) is 3.67. The fourth-order valence-electron chi connectivity index (χ4n) is 2.05. The van der Waals surface area contributed by atoms with E-state index in [2.05, 4.69) is 10.1 Å². The number of carboxylic acid groups (broad SMARTS) is 1.